The Labute approximate surface area is 263 Å². The second kappa shape index (κ2) is 13.9. The molecule has 0 bridgehead atoms. The number of rotatable bonds is 6. The molecule has 0 aromatic carbocycles. The van der Waals surface area contributed by atoms with Crippen LogP contribution in [-0.4, -0.2) is 4.98 Å². The fraction of sp³-hybridized carbons (Fsp3) is 0.0909. The van der Waals surface area contributed by atoms with Crippen molar-refractivity contribution in [2.75, 3.05) is 10.6 Å². The van der Waals surface area contributed by atoms with Crippen LogP contribution in [0.5, 0.6) is 0 Å². The SMILES string of the molecule is F[P-](F)(F)(F)(F)F.F[P-](F)(F)(F)(F)F.F[P-](F)(F)(F)(F)F.c1ccc(NCc2cc[nH+]cc2)[nH+]c1.c1ccc(NCc2cc[nH+]cc2)nc1. The molecule has 0 unspecified atom stereocenters. The van der Waals surface area contributed by atoms with E-state index in [0.717, 1.165) is 24.7 Å². The van der Waals surface area contributed by atoms with Gasteiger partial charge in [0.15, 0.2) is 24.8 Å². The Morgan fingerprint density at radius 3 is 1.14 bits per heavy atom. The maximum Gasteiger partial charge on any atom is 0.272 e. The third kappa shape index (κ3) is 54.0. The van der Waals surface area contributed by atoms with Gasteiger partial charge < -0.3 is 5.32 Å². The van der Waals surface area contributed by atoms with E-state index in [1.807, 2.05) is 79.5 Å². The van der Waals surface area contributed by atoms with Gasteiger partial charge in [0, 0.05) is 48.6 Å². The van der Waals surface area contributed by atoms with Crippen molar-refractivity contribution in [1.82, 2.24) is 4.98 Å². The minimum absolute atomic E-state index is 0.797. The second-order valence-electron chi connectivity index (χ2n) is 8.89. The summed E-state index contributed by atoms with van der Waals surface area (Å²) < 4.78 is 178. The molecule has 284 valence electrons. The van der Waals surface area contributed by atoms with Crippen LogP contribution in [0.2, 0.25) is 0 Å². The van der Waals surface area contributed by atoms with Crippen molar-refractivity contribution in [2.45, 2.75) is 13.1 Å². The summed E-state index contributed by atoms with van der Waals surface area (Å²) in [6, 6.07) is 20.0. The van der Waals surface area contributed by atoms with Crippen LogP contribution < -0.4 is 25.6 Å². The number of hydrogen-bond donors (Lipinski definition) is 2. The maximum atomic E-state index is 9.87. The summed E-state index contributed by atoms with van der Waals surface area (Å²) in [5.74, 6) is 1.93. The van der Waals surface area contributed by atoms with Gasteiger partial charge in [-0.1, -0.05) is 12.1 Å². The van der Waals surface area contributed by atoms with Crippen molar-refractivity contribution < 1.29 is 90.5 Å². The molecule has 0 atom stereocenters. The average Bonchev–Trinajstić information content (AvgIpc) is 2.88. The van der Waals surface area contributed by atoms with Crippen LogP contribution in [-0.2, 0) is 13.1 Å². The van der Waals surface area contributed by atoms with Crippen molar-refractivity contribution in [1.29, 1.82) is 0 Å². The van der Waals surface area contributed by atoms with Gasteiger partial charge in [-0.15, -0.1) is 0 Å². The molecular weight excluding hydrogens is 783 g/mol. The van der Waals surface area contributed by atoms with Crippen molar-refractivity contribution in [3.8, 4) is 0 Å². The molecule has 0 aliphatic heterocycles. The van der Waals surface area contributed by atoms with Crippen molar-refractivity contribution in [3.05, 3.63) is 109 Å². The van der Waals surface area contributed by atoms with Crippen LogP contribution in [0.15, 0.2) is 97.8 Å². The number of nitrogens with one attached hydrogen (secondary N) is 5. The molecule has 0 saturated carbocycles. The summed E-state index contributed by atoms with van der Waals surface area (Å²) in [5, 5.41) is 6.53. The summed E-state index contributed by atoms with van der Waals surface area (Å²) >= 11 is 0. The van der Waals surface area contributed by atoms with Crippen molar-refractivity contribution in [3.63, 3.8) is 0 Å². The largest absolute Gasteiger partial charge is 0.366 e. The molecule has 4 aromatic heterocycles. The van der Waals surface area contributed by atoms with Crippen LogP contribution in [0, 0.1) is 0 Å². The van der Waals surface area contributed by atoms with E-state index in [1.165, 1.54) is 11.1 Å². The number of nitrogens with zero attached hydrogens (tertiary/aromatic N) is 1. The quantitative estimate of drug-likeness (QED) is 0.150. The Morgan fingerprint density at radius 2 is 0.816 bits per heavy atom. The molecule has 4 rings (SSSR count). The molecule has 27 heteroatoms. The number of aromatic amines is 3. The molecule has 0 fully saturated rings. The average molecular weight is 808 g/mol. The number of H-pyrrole nitrogens is 3. The number of anilines is 2. The van der Waals surface area contributed by atoms with Gasteiger partial charge in [0.05, 0.1) is 6.20 Å². The first-order valence-corrected chi connectivity index (χ1v) is 18.3. The molecule has 5 N–H and O–H groups in total. The van der Waals surface area contributed by atoms with Crippen LogP contribution in [0.1, 0.15) is 11.1 Å². The van der Waals surface area contributed by atoms with E-state index in [-0.39, 0.29) is 0 Å². The topological polar surface area (TPSA) is 79.4 Å². The summed E-state index contributed by atoms with van der Waals surface area (Å²) in [6.45, 7) is 1.63. The molecule has 4 heterocycles. The molecule has 4 aromatic rings. The first kappa shape index (κ1) is 45.2. The fourth-order valence-electron chi connectivity index (χ4n) is 2.44. The van der Waals surface area contributed by atoms with Gasteiger partial charge in [0.1, 0.15) is 12.4 Å². The number of pyridine rings is 4. The molecule has 6 nitrogen and oxygen atoms in total. The van der Waals surface area contributed by atoms with E-state index in [4.69, 9.17) is 0 Å². The zero-order chi connectivity index (χ0) is 38.5. The summed E-state index contributed by atoms with van der Waals surface area (Å²) in [7, 11) is -32.0. The standard InChI is InChI=1S/2C11H11N3.3F6P/c2*1-2-6-13-11(3-1)14-9-10-4-7-12-8-5-10;3*1-7(2,3,4,5)6/h2*1-8H,9H2,(H,13,14);;;/q;;3*-1/p+3. The third-order valence-electron chi connectivity index (χ3n) is 3.91. The van der Waals surface area contributed by atoms with Gasteiger partial charge in [-0.3, -0.25) is 5.32 Å². The van der Waals surface area contributed by atoms with E-state index in [2.05, 4.69) is 42.7 Å². The van der Waals surface area contributed by atoms with Crippen LogP contribution >= 0.6 is 23.4 Å². The van der Waals surface area contributed by atoms with Gasteiger partial charge in [-0.2, -0.15) is 0 Å². The zero-order valence-corrected chi connectivity index (χ0v) is 26.4. The van der Waals surface area contributed by atoms with Crippen molar-refractivity contribution >= 4 is 35.1 Å². The number of halogens is 18. The molecule has 0 aliphatic rings. The van der Waals surface area contributed by atoms with E-state index in [9.17, 15) is 75.5 Å². The van der Waals surface area contributed by atoms with Gasteiger partial charge in [0.2, 0.25) is 0 Å². The Bertz CT molecular complexity index is 1290. The summed E-state index contributed by atoms with van der Waals surface area (Å²) in [5.41, 5.74) is 2.48. The van der Waals surface area contributed by atoms with E-state index in [0.29, 0.717) is 0 Å². The monoisotopic (exact) mass is 808 g/mol. The fourth-order valence-corrected chi connectivity index (χ4v) is 2.44. The second-order valence-corrected chi connectivity index (χ2v) is 14.6. The Hall–Kier alpha value is -3.77. The Morgan fingerprint density at radius 1 is 0.449 bits per heavy atom. The van der Waals surface area contributed by atoms with Crippen LogP contribution in [0.3, 0.4) is 0 Å². The third-order valence-corrected chi connectivity index (χ3v) is 3.91. The van der Waals surface area contributed by atoms with Crippen LogP contribution in [0.4, 0.5) is 87.2 Å². The van der Waals surface area contributed by atoms with E-state index in [1.54, 1.807) is 6.20 Å². The molecule has 0 aliphatic carbocycles. The smallest absolute Gasteiger partial charge is 0.272 e. The summed E-state index contributed by atoms with van der Waals surface area (Å²) in [6.07, 6.45) is 11.4. The van der Waals surface area contributed by atoms with Crippen LogP contribution in [0.25, 0.3) is 0 Å². The maximum absolute atomic E-state index is 10.7. The van der Waals surface area contributed by atoms with Gasteiger partial charge in [-0.25, -0.2) is 19.9 Å². The van der Waals surface area contributed by atoms with Crippen molar-refractivity contribution in [2.24, 2.45) is 0 Å². The molecular formula is C22H25F18N6P3. The Kier molecular flexibility index (Phi) is 12.8. The molecule has 0 saturated heterocycles. The zero-order valence-electron chi connectivity index (χ0n) is 23.7. The summed E-state index contributed by atoms with van der Waals surface area (Å²) in [4.78, 5) is 13.3. The Balaban J connectivity index is 0.000000617. The van der Waals surface area contributed by atoms with Gasteiger partial charge >= 0.3 is 99.0 Å². The normalized spacial score (nSPS) is 15.5. The van der Waals surface area contributed by atoms with Gasteiger partial charge in [0.25, 0.3) is 5.82 Å². The number of hydrogen-bond acceptors (Lipinski definition) is 3. The predicted molar refractivity (Wildman–Crippen MR) is 149 cm³/mol. The first-order chi connectivity index (χ1) is 21.2. The minimum atomic E-state index is -10.7. The molecule has 0 spiro atoms. The van der Waals surface area contributed by atoms with Gasteiger partial charge in [-0.05, 0) is 23.8 Å². The molecule has 0 radical (unpaired) electrons. The minimum Gasteiger partial charge on any atom is -0.366 e. The predicted octanol–water partition coefficient (Wildman–Crippen LogP) is 12.6. The molecule has 49 heavy (non-hydrogen) atoms. The van der Waals surface area contributed by atoms with E-state index < -0.39 is 23.4 Å². The molecule has 0 amide bonds. The number of aromatic nitrogens is 4. The van der Waals surface area contributed by atoms with E-state index >= 15 is 0 Å². The first-order valence-electron chi connectivity index (χ1n) is 12.2.